The number of benzene rings is 1. The van der Waals surface area contributed by atoms with E-state index in [9.17, 15) is 0 Å². The molecule has 0 fully saturated rings. The number of aryl methyl sites for hydroxylation is 1. The summed E-state index contributed by atoms with van der Waals surface area (Å²) < 4.78 is 11.4. The van der Waals surface area contributed by atoms with Crippen LogP contribution in [-0.4, -0.2) is 13.7 Å². The average molecular weight is 219 g/mol. The number of nitrogens with one attached hydrogen (secondary N) is 1. The van der Waals surface area contributed by atoms with E-state index in [1.54, 1.807) is 0 Å². The van der Waals surface area contributed by atoms with E-state index < -0.39 is 0 Å². The van der Waals surface area contributed by atoms with Gasteiger partial charge in [0, 0.05) is 5.39 Å². The second-order valence-corrected chi connectivity index (χ2v) is 3.75. The van der Waals surface area contributed by atoms with Crippen LogP contribution in [0.5, 0.6) is 5.75 Å². The fourth-order valence-electron chi connectivity index (χ4n) is 1.86. The van der Waals surface area contributed by atoms with Crippen molar-refractivity contribution in [3.63, 3.8) is 0 Å². The Morgan fingerprint density at radius 1 is 1.38 bits per heavy atom. The highest BCUT2D eigenvalue weighted by atomic mass is 16.5. The molecule has 0 radical (unpaired) electrons. The smallest absolute Gasteiger partial charge is 0.176 e. The molecule has 3 nitrogen and oxygen atoms in total. The predicted molar refractivity (Wildman–Crippen MR) is 64.9 cm³/mol. The number of ether oxygens (including phenoxy) is 1. The van der Waals surface area contributed by atoms with Crippen LogP contribution in [0.25, 0.3) is 11.0 Å². The van der Waals surface area contributed by atoms with E-state index in [-0.39, 0.29) is 0 Å². The molecule has 0 atom stereocenters. The molecule has 1 aromatic carbocycles. The quantitative estimate of drug-likeness (QED) is 0.858. The molecular weight excluding hydrogens is 202 g/mol. The standard InChI is InChI=1S/C13H17NO2/c1-4-15-11-7-5-6-10-9(2)12(8-14-3)16-13(10)11/h5-7,14H,4,8H2,1-3H3. The Labute approximate surface area is 95.4 Å². The minimum Gasteiger partial charge on any atom is -0.490 e. The van der Waals surface area contributed by atoms with Gasteiger partial charge in [0.25, 0.3) is 0 Å². The molecule has 2 rings (SSSR count). The van der Waals surface area contributed by atoms with Gasteiger partial charge in [-0.1, -0.05) is 12.1 Å². The van der Waals surface area contributed by atoms with E-state index in [4.69, 9.17) is 9.15 Å². The van der Waals surface area contributed by atoms with Crippen molar-refractivity contribution in [3.05, 3.63) is 29.5 Å². The lowest BCUT2D eigenvalue weighted by Crippen LogP contribution is -2.04. The Balaban J connectivity index is 2.56. The lowest BCUT2D eigenvalue weighted by molar-refractivity contribution is 0.337. The van der Waals surface area contributed by atoms with Crippen LogP contribution in [0, 0.1) is 6.92 Å². The lowest BCUT2D eigenvalue weighted by atomic mass is 10.1. The molecule has 0 unspecified atom stereocenters. The summed E-state index contributed by atoms with van der Waals surface area (Å²) in [6, 6.07) is 6.01. The Kier molecular flexibility index (Phi) is 3.15. The van der Waals surface area contributed by atoms with Crippen LogP contribution in [-0.2, 0) is 6.54 Å². The van der Waals surface area contributed by atoms with Gasteiger partial charge in [-0.15, -0.1) is 0 Å². The van der Waals surface area contributed by atoms with E-state index in [2.05, 4.69) is 18.3 Å². The number of hydrogen-bond donors (Lipinski definition) is 1. The van der Waals surface area contributed by atoms with Crippen molar-refractivity contribution in [2.24, 2.45) is 0 Å². The van der Waals surface area contributed by atoms with Gasteiger partial charge in [0.05, 0.1) is 13.2 Å². The summed E-state index contributed by atoms with van der Waals surface area (Å²) in [5, 5.41) is 4.24. The van der Waals surface area contributed by atoms with Gasteiger partial charge in [0.1, 0.15) is 5.76 Å². The van der Waals surface area contributed by atoms with Gasteiger partial charge in [0.15, 0.2) is 11.3 Å². The first-order chi connectivity index (χ1) is 7.77. The second kappa shape index (κ2) is 4.58. The van der Waals surface area contributed by atoms with Gasteiger partial charge >= 0.3 is 0 Å². The second-order valence-electron chi connectivity index (χ2n) is 3.75. The molecule has 3 heteroatoms. The first kappa shape index (κ1) is 11.0. The fraction of sp³-hybridized carbons (Fsp3) is 0.385. The van der Waals surface area contributed by atoms with Crippen LogP contribution in [0.1, 0.15) is 18.2 Å². The van der Waals surface area contributed by atoms with Crippen LogP contribution >= 0.6 is 0 Å². The van der Waals surface area contributed by atoms with Crippen molar-refractivity contribution in [3.8, 4) is 5.75 Å². The van der Waals surface area contributed by atoms with Crippen molar-refractivity contribution >= 4 is 11.0 Å². The molecule has 0 amide bonds. The zero-order valence-corrected chi connectivity index (χ0v) is 9.96. The Hall–Kier alpha value is -1.48. The maximum atomic E-state index is 5.84. The molecule has 0 aliphatic rings. The summed E-state index contributed by atoms with van der Waals surface area (Å²) in [6.07, 6.45) is 0. The lowest BCUT2D eigenvalue weighted by Gasteiger charge is -2.02. The van der Waals surface area contributed by atoms with Crippen LogP contribution < -0.4 is 10.1 Å². The molecule has 0 bridgehead atoms. The summed E-state index contributed by atoms with van der Waals surface area (Å²) in [5.74, 6) is 1.80. The summed E-state index contributed by atoms with van der Waals surface area (Å²) in [5.41, 5.74) is 2.04. The first-order valence-electron chi connectivity index (χ1n) is 5.56. The van der Waals surface area contributed by atoms with E-state index in [1.807, 2.05) is 26.1 Å². The predicted octanol–water partition coefficient (Wildman–Crippen LogP) is 2.86. The van der Waals surface area contributed by atoms with Crippen LogP contribution in [0.3, 0.4) is 0 Å². The van der Waals surface area contributed by atoms with Crippen molar-refractivity contribution in [1.29, 1.82) is 0 Å². The highest BCUT2D eigenvalue weighted by Gasteiger charge is 2.13. The Bertz CT molecular complexity index is 488. The zero-order chi connectivity index (χ0) is 11.5. The number of furan rings is 1. The normalized spacial score (nSPS) is 10.9. The Morgan fingerprint density at radius 3 is 2.88 bits per heavy atom. The third kappa shape index (κ3) is 1.78. The molecule has 0 aliphatic carbocycles. The molecule has 1 aromatic heterocycles. The van der Waals surface area contributed by atoms with E-state index in [1.165, 1.54) is 5.56 Å². The summed E-state index contributed by atoms with van der Waals surface area (Å²) in [7, 11) is 1.91. The summed E-state index contributed by atoms with van der Waals surface area (Å²) in [4.78, 5) is 0. The highest BCUT2D eigenvalue weighted by molar-refractivity contribution is 5.87. The molecule has 1 heterocycles. The molecular formula is C13H17NO2. The zero-order valence-electron chi connectivity index (χ0n) is 9.96. The third-order valence-corrected chi connectivity index (χ3v) is 2.66. The van der Waals surface area contributed by atoms with Gasteiger partial charge < -0.3 is 14.5 Å². The fourth-order valence-corrected chi connectivity index (χ4v) is 1.86. The van der Waals surface area contributed by atoms with Gasteiger partial charge in [-0.3, -0.25) is 0 Å². The molecule has 2 aromatic rings. The van der Waals surface area contributed by atoms with Gasteiger partial charge in [-0.2, -0.15) is 0 Å². The maximum absolute atomic E-state index is 5.84. The molecule has 0 aliphatic heterocycles. The minimum atomic E-state index is 0.653. The van der Waals surface area contributed by atoms with E-state index in [0.29, 0.717) is 6.61 Å². The molecule has 0 saturated carbocycles. The number of rotatable bonds is 4. The first-order valence-corrected chi connectivity index (χ1v) is 5.56. The van der Waals surface area contributed by atoms with Gasteiger partial charge in [-0.25, -0.2) is 0 Å². The van der Waals surface area contributed by atoms with Gasteiger partial charge in [0.2, 0.25) is 0 Å². The molecule has 86 valence electrons. The monoisotopic (exact) mass is 219 g/mol. The Morgan fingerprint density at radius 2 is 2.19 bits per heavy atom. The summed E-state index contributed by atoms with van der Waals surface area (Å²) >= 11 is 0. The molecule has 16 heavy (non-hydrogen) atoms. The van der Waals surface area contributed by atoms with Crippen molar-refractivity contribution in [1.82, 2.24) is 5.32 Å². The topological polar surface area (TPSA) is 34.4 Å². The number of hydrogen-bond acceptors (Lipinski definition) is 3. The van der Waals surface area contributed by atoms with Crippen molar-refractivity contribution in [2.75, 3.05) is 13.7 Å². The minimum absolute atomic E-state index is 0.653. The molecule has 0 spiro atoms. The largest absolute Gasteiger partial charge is 0.490 e. The average Bonchev–Trinajstić information content (AvgIpc) is 2.59. The number of fused-ring (bicyclic) bond motifs is 1. The maximum Gasteiger partial charge on any atom is 0.176 e. The number of para-hydroxylation sites is 1. The van der Waals surface area contributed by atoms with Crippen molar-refractivity contribution in [2.45, 2.75) is 20.4 Å². The molecule has 0 saturated heterocycles. The van der Waals surface area contributed by atoms with Gasteiger partial charge in [-0.05, 0) is 32.5 Å². The van der Waals surface area contributed by atoms with Crippen LogP contribution in [0.15, 0.2) is 22.6 Å². The van der Waals surface area contributed by atoms with E-state index >= 15 is 0 Å². The molecule has 1 N–H and O–H groups in total. The van der Waals surface area contributed by atoms with Crippen LogP contribution in [0.2, 0.25) is 0 Å². The highest BCUT2D eigenvalue weighted by Crippen LogP contribution is 2.32. The third-order valence-electron chi connectivity index (χ3n) is 2.66. The van der Waals surface area contributed by atoms with E-state index in [0.717, 1.165) is 29.0 Å². The summed E-state index contributed by atoms with van der Waals surface area (Å²) in [6.45, 7) is 5.45. The SMILES string of the molecule is CCOc1cccc2c(C)c(CNC)oc12. The van der Waals surface area contributed by atoms with Crippen molar-refractivity contribution < 1.29 is 9.15 Å². The van der Waals surface area contributed by atoms with Crippen LogP contribution in [0.4, 0.5) is 0 Å².